The zero-order valence-corrected chi connectivity index (χ0v) is 62.3. The van der Waals surface area contributed by atoms with Crippen molar-refractivity contribution in [2.75, 3.05) is 0 Å². The van der Waals surface area contributed by atoms with Gasteiger partial charge in [-0.25, -0.2) is 59.8 Å². The summed E-state index contributed by atoms with van der Waals surface area (Å²) in [6.45, 7) is 1.64. The van der Waals surface area contributed by atoms with Crippen LogP contribution in [0.15, 0.2) is 346 Å². The molecule has 6 heterocycles. The zero-order chi connectivity index (χ0) is 78.7. The molecule has 0 fully saturated rings. The molecule has 0 aliphatic carbocycles. The quantitative estimate of drug-likeness (QED) is 0.0944. The Labute approximate surface area is 667 Å². The summed E-state index contributed by atoms with van der Waals surface area (Å²) < 4.78 is 52.9. The second-order valence-electron chi connectivity index (χ2n) is 28.2. The third-order valence-corrected chi connectivity index (χ3v) is 20.9. The largest absolute Gasteiger partial charge is 0.417 e. The van der Waals surface area contributed by atoms with Crippen LogP contribution in [0.25, 0.3) is 203 Å². The molecule has 0 spiro atoms. The highest BCUT2D eigenvalue weighted by molar-refractivity contribution is 6.14. The molecule has 552 valence electrons. The lowest BCUT2D eigenvalue weighted by Gasteiger charge is -2.22. The van der Waals surface area contributed by atoms with Gasteiger partial charge in [0.25, 0.3) is 0 Å². The number of fused-ring (bicyclic) bond motifs is 6. The first-order valence-electron chi connectivity index (χ1n) is 37.9. The normalized spacial score (nSPS) is 11.6. The lowest BCUT2D eigenvalue weighted by Crippen LogP contribution is -2.10. The first-order valence-corrected chi connectivity index (χ1v) is 37.9. The molecule has 117 heavy (non-hydrogen) atoms. The van der Waals surface area contributed by atoms with Crippen molar-refractivity contribution in [2.24, 2.45) is 0 Å². The van der Waals surface area contributed by atoms with E-state index in [0.29, 0.717) is 131 Å². The fourth-order valence-electron chi connectivity index (χ4n) is 15.4. The molecule has 20 aromatic rings. The van der Waals surface area contributed by atoms with Gasteiger partial charge in [-0.05, 0) is 60.5 Å². The molecule has 0 bridgehead atoms. The fourth-order valence-corrected chi connectivity index (χ4v) is 15.4. The maximum atomic E-state index is 16.2. The van der Waals surface area contributed by atoms with E-state index in [4.69, 9.17) is 59.8 Å². The molecular formula is C99H60F3N15. The Morgan fingerprint density at radius 2 is 0.470 bits per heavy atom. The van der Waals surface area contributed by atoms with Gasteiger partial charge in [-0.2, -0.15) is 18.4 Å². The summed E-state index contributed by atoms with van der Waals surface area (Å²) in [6, 6.07) is 112. The fraction of sp³-hybridized carbons (Fsp3) is 0.0202. The summed E-state index contributed by atoms with van der Waals surface area (Å²) in [5, 5.41) is 15.1. The van der Waals surface area contributed by atoms with E-state index in [1.165, 1.54) is 6.07 Å². The predicted molar refractivity (Wildman–Crippen MR) is 454 cm³/mol. The molecule has 18 heteroatoms. The van der Waals surface area contributed by atoms with Gasteiger partial charge in [0.05, 0.1) is 50.6 Å². The third-order valence-electron chi connectivity index (χ3n) is 20.9. The smallest absolute Gasteiger partial charge is 0.307 e. The molecular weight excluding hydrogens is 1460 g/mol. The number of halogens is 3. The van der Waals surface area contributed by atoms with Crippen molar-refractivity contribution in [3.8, 4) is 165 Å². The molecule has 0 aliphatic heterocycles. The van der Waals surface area contributed by atoms with Crippen LogP contribution in [-0.2, 0) is 6.18 Å². The monoisotopic (exact) mass is 1520 g/mol. The Balaban J connectivity index is 0.931. The Hall–Kier alpha value is -16.0. The van der Waals surface area contributed by atoms with Crippen LogP contribution in [0.1, 0.15) is 16.7 Å². The molecule has 0 unspecified atom stereocenters. The number of hydrogen-bond donors (Lipinski definition) is 0. The number of benzene rings is 14. The summed E-state index contributed by atoms with van der Waals surface area (Å²) in [6.07, 6.45) is -4.88. The molecule has 14 aromatic carbocycles. The van der Waals surface area contributed by atoms with E-state index in [1.807, 2.05) is 315 Å². The highest BCUT2D eigenvalue weighted by Crippen LogP contribution is 2.47. The van der Waals surface area contributed by atoms with E-state index in [1.54, 1.807) is 25.1 Å². The maximum absolute atomic E-state index is 16.2. The number of aromatic nitrogens is 14. The Morgan fingerprint density at radius 1 is 0.248 bits per heavy atom. The van der Waals surface area contributed by atoms with Gasteiger partial charge in [0, 0.05) is 93.9 Å². The predicted octanol–water partition coefficient (Wildman–Crippen LogP) is 23.5. The standard InChI is InChI=1S/C99H60F3N15/c1-60-27-26-44-79(99(100,101)102)86(60)78-58-85(117-82-55-71(97-112-91(65-36-18-6-19-37-65)106-92(113-97)66-38-20-7-21-39-66)47-51-76(82)77-52-48-72(56-83(77)117)98-114-93(67-40-22-8-23-41-67)107-94(115-98)68-42-24-9-25-43-68)84(57-73(78)59-103)116-80-53-69(95-108-87(61-28-10-2-11-29-61)104-88(109-95)62-30-12-3-13-31-62)45-49-74(80)75-50-46-70(54-81(75)116)96-110-89(63-32-14-4-15-33-63)105-90(111-96)64-34-16-5-17-35-64/h2-58H,1H3. The van der Waals surface area contributed by atoms with Gasteiger partial charge in [-0.15, -0.1) is 0 Å². The Bertz CT molecular complexity index is 6690. The van der Waals surface area contributed by atoms with E-state index in [2.05, 4.69) is 15.2 Å². The number of nitriles is 1. The molecule has 20 rings (SSSR count). The summed E-state index contributed by atoms with van der Waals surface area (Å²) in [5.41, 5.74) is 10.8. The van der Waals surface area contributed by atoms with Crippen LogP contribution in [0.5, 0.6) is 0 Å². The molecule has 0 saturated heterocycles. The van der Waals surface area contributed by atoms with E-state index in [-0.39, 0.29) is 16.7 Å². The molecule has 0 aliphatic rings. The van der Waals surface area contributed by atoms with E-state index < -0.39 is 11.7 Å². The van der Waals surface area contributed by atoms with Gasteiger partial charge in [-0.3, -0.25) is 0 Å². The Kier molecular flexibility index (Phi) is 17.5. The summed E-state index contributed by atoms with van der Waals surface area (Å²) in [4.78, 5) is 62.3. The molecule has 15 nitrogen and oxygen atoms in total. The molecule has 6 aromatic heterocycles. The first-order chi connectivity index (χ1) is 57.5. The highest BCUT2D eigenvalue weighted by Gasteiger charge is 2.36. The average Bonchev–Trinajstić information content (AvgIpc) is 1.56. The number of nitrogens with zero attached hydrogens (tertiary/aromatic N) is 15. The van der Waals surface area contributed by atoms with Crippen LogP contribution in [0.3, 0.4) is 0 Å². The second-order valence-corrected chi connectivity index (χ2v) is 28.2. The SMILES string of the molecule is Cc1cccc(C(F)(F)F)c1-c1cc(-n2c3cc(-c4nc(-c5ccccc5)nc(-c5ccccc5)n4)ccc3c3ccc(-c4nc(-c5ccccc5)nc(-c5ccccc5)n4)cc32)c(-n2c3cc(-c4nc(-c5ccccc5)nc(-c5ccccc5)n4)ccc3c3ccc(-c4nc(-c5ccccc5)nc(-c5ccccc5)n4)cc32)cc1C#N. The van der Waals surface area contributed by atoms with Crippen molar-refractivity contribution < 1.29 is 13.2 Å². The number of rotatable bonds is 15. The van der Waals surface area contributed by atoms with Crippen molar-refractivity contribution in [1.82, 2.24) is 68.9 Å². The van der Waals surface area contributed by atoms with Crippen LogP contribution in [-0.4, -0.2) is 68.9 Å². The third kappa shape index (κ3) is 13.2. The summed E-state index contributed by atoms with van der Waals surface area (Å²) >= 11 is 0. The molecule has 0 N–H and O–H groups in total. The topological polar surface area (TPSA) is 188 Å². The van der Waals surface area contributed by atoms with Gasteiger partial charge in [-0.1, -0.05) is 303 Å². The lowest BCUT2D eigenvalue weighted by atomic mass is 9.90. The first kappa shape index (κ1) is 70.1. The van der Waals surface area contributed by atoms with Gasteiger partial charge in [0.2, 0.25) is 0 Å². The Morgan fingerprint density at radius 3 is 0.692 bits per heavy atom. The van der Waals surface area contributed by atoms with Crippen molar-refractivity contribution in [3.05, 3.63) is 362 Å². The van der Waals surface area contributed by atoms with Crippen LogP contribution in [0.2, 0.25) is 0 Å². The molecule has 0 radical (unpaired) electrons. The minimum atomic E-state index is -4.88. The minimum absolute atomic E-state index is 0.0280. The van der Waals surface area contributed by atoms with Crippen LogP contribution in [0.4, 0.5) is 13.2 Å². The van der Waals surface area contributed by atoms with Crippen LogP contribution < -0.4 is 0 Å². The molecule has 0 saturated carbocycles. The van der Waals surface area contributed by atoms with Crippen LogP contribution in [0, 0.1) is 18.3 Å². The minimum Gasteiger partial charge on any atom is -0.307 e. The van der Waals surface area contributed by atoms with Crippen LogP contribution >= 0.6 is 0 Å². The molecule has 0 amide bonds. The second kappa shape index (κ2) is 29.3. The lowest BCUT2D eigenvalue weighted by molar-refractivity contribution is -0.137. The number of hydrogen-bond acceptors (Lipinski definition) is 13. The average molecular weight is 1520 g/mol. The van der Waals surface area contributed by atoms with Crippen molar-refractivity contribution >= 4 is 43.6 Å². The summed E-state index contributed by atoms with van der Waals surface area (Å²) in [7, 11) is 0. The van der Waals surface area contributed by atoms with Gasteiger partial charge < -0.3 is 9.13 Å². The number of alkyl halides is 3. The van der Waals surface area contributed by atoms with E-state index in [9.17, 15) is 5.26 Å². The van der Waals surface area contributed by atoms with Gasteiger partial charge in [0.1, 0.15) is 0 Å². The van der Waals surface area contributed by atoms with E-state index >= 15 is 13.2 Å². The molecule has 0 atom stereocenters. The van der Waals surface area contributed by atoms with E-state index in [0.717, 1.165) is 72.1 Å². The van der Waals surface area contributed by atoms with Crippen molar-refractivity contribution in [3.63, 3.8) is 0 Å². The maximum Gasteiger partial charge on any atom is 0.417 e. The zero-order valence-electron chi connectivity index (χ0n) is 62.3. The number of aryl methyl sites for hydroxylation is 1. The highest BCUT2D eigenvalue weighted by atomic mass is 19.4. The van der Waals surface area contributed by atoms with Crippen molar-refractivity contribution in [1.29, 1.82) is 5.26 Å². The van der Waals surface area contributed by atoms with Crippen molar-refractivity contribution in [2.45, 2.75) is 13.1 Å². The van der Waals surface area contributed by atoms with Gasteiger partial charge >= 0.3 is 6.18 Å². The summed E-state index contributed by atoms with van der Waals surface area (Å²) in [5.74, 6) is 4.92. The van der Waals surface area contributed by atoms with Gasteiger partial charge in [0.15, 0.2) is 69.9 Å².